The molecule has 0 radical (unpaired) electrons. The Bertz CT molecular complexity index is 482. The Labute approximate surface area is 140 Å². The number of methoxy groups -OCH3 is 1. The molecule has 0 amide bonds. The summed E-state index contributed by atoms with van der Waals surface area (Å²) >= 11 is 0. The minimum atomic E-state index is 0.737. The van der Waals surface area contributed by atoms with Crippen molar-refractivity contribution in [3.05, 3.63) is 29.8 Å². The Morgan fingerprint density at radius 2 is 1.96 bits per heavy atom. The Morgan fingerprint density at radius 3 is 2.65 bits per heavy atom. The second kappa shape index (κ2) is 10.1. The first kappa shape index (κ1) is 17.6. The molecule has 0 atom stereocenters. The minimum absolute atomic E-state index is 0.737. The molecule has 1 heterocycles. The van der Waals surface area contributed by atoms with Crippen molar-refractivity contribution >= 4 is 5.96 Å². The highest BCUT2D eigenvalue weighted by atomic mass is 16.5. The number of nitrogens with one attached hydrogen (secondary N) is 2. The summed E-state index contributed by atoms with van der Waals surface area (Å²) in [5, 5.41) is 6.75. The topological polar surface area (TPSA) is 48.9 Å². The number of aliphatic imine (C=N–C) groups is 1. The van der Waals surface area contributed by atoms with Gasteiger partial charge in [-0.3, -0.25) is 4.99 Å². The molecule has 0 unspecified atom stereocenters. The van der Waals surface area contributed by atoms with Crippen molar-refractivity contribution in [1.82, 2.24) is 15.5 Å². The number of likely N-dealkylation sites (tertiary alicyclic amines) is 1. The van der Waals surface area contributed by atoms with E-state index in [1.165, 1.54) is 44.3 Å². The Hall–Kier alpha value is -1.75. The number of ether oxygens (including phenoxy) is 1. The zero-order chi connectivity index (χ0) is 16.3. The number of hydrogen-bond acceptors (Lipinski definition) is 3. The van der Waals surface area contributed by atoms with Crippen LogP contribution in [0.15, 0.2) is 29.3 Å². The number of nitrogens with zero attached hydrogens (tertiary/aromatic N) is 2. The monoisotopic (exact) mass is 318 g/mol. The van der Waals surface area contributed by atoms with Crippen LogP contribution in [-0.4, -0.2) is 51.2 Å². The van der Waals surface area contributed by atoms with E-state index in [0.29, 0.717) is 0 Å². The molecule has 1 aromatic rings. The standard InChI is InChI=1S/C18H30N4O/c1-19-18(20-10-13-22-11-5-3-4-6-12-22)21-15-16-8-7-9-17(14-16)23-2/h7-9,14H,3-6,10-13,15H2,1-2H3,(H2,19,20,21). The van der Waals surface area contributed by atoms with Crippen LogP contribution < -0.4 is 15.4 Å². The fourth-order valence-electron chi connectivity index (χ4n) is 2.88. The molecule has 1 saturated heterocycles. The maximum absolute atomic E-state index is 5.25. The van der Waals surface area contributed by atoms with Gasteiger partial charge in [-0.2, -0.15) is 0 Å². The fraction of sp³-hybridized carbons (Fsp3) is 0.611. The van der Waals surface area contributed by atoms with E-state index in [1.807, 2.05) is 25.2 Å². The number of rotatable bonds is 6. The lowest BCUT2D eigenvalue weighted by Crippen LogP contribution is -2.41. The Morgan fingerprint density at radius 1 is 1.17 bits per heavy atom. The van der Waals surface area contributed by atoms with Crippen LogP contribution in [0.3, 0.4) is 0 Å². The van der Waals surface area contributed by atoms with Gasteiger partial charge in [0.2, 0.25) is 0 Å². The lowest BCUT2D eigenvalue weighted by Gasteiger charge is -2.20. The number of hydrogen-bond donors (Lipinski definition) is 2. The van der Waals surface area contributed by atoms with Crippen molar-refractivity contribution in [2.75, 3.05) is 40.3 Å². The molecule has 1 aromatic carbocycles. The van der Waals surface area contributed by atoms with Crippen molar-refractivity contribution in [2.45, 2.75) is 32.2 Å². The van der Waals surface area contributed by atoms with Crippen molar-refractivity contribution in [2.24, 2.45) is 4.99 Å². The summed E-state index contributed by atoms with van der Waals surface area (Å²) in [6, 6.07) is 8.08. The van der Waals surface area contributed by atoms with Crippen LogP contribution in [0, 0.1) is 0 Å². The van der Waals surface area contributed by atoms with E-state index in [2.05, 4.69) is 26.6 Å². The fourth-order valence-corrected chi connectivity index (χ4v) is 2.88. The lowest BCUT2D eigenvalue weighted by atomic mass is 10.2. The van der Waals surface area contributed by atoms with E-state index in [0.717, 1.165) is 31.3 Å². The number of guanidine groups is 1. The average Bonchev–Trinajstić information content (AvgIpc) is 2.87. The molecule has 1 aliphatic heterocycles. The number of benzene rings is 1. The molecular formula is C18H30N4O. The van der Waals surface area contributed by atoms with Crippen molar-refractivity contribution in [3.8, 4) is 5.75 Å². The largest absolute Gasteiger partial charge is 0.497 e. The summed E-state index contributed by atoms with van der Waals surface area (Å²) in [6.45, 7) is 5.22. The van der Waals surface area contributed by atoms with Gasteiger partial charge in [0.05, 0.1) is 7.11 Å². The predicted octanol–water partition coefficient (Wildman–Crippen LogP) is 2.24. The van der Waals surface area contributed by atoms with Gasteiger partial charge in [0.1, 0.15) is 5.75 Å². The third kappa shape index (κ3) is 6.48. The molecule has 0 spiro atoms. The molecule has 128 valence electrons. The highest BCUT2D eigenvalue weighted by Gasteiger charge is 2.08. The van der Waals surface area contributed by atoms with E-state index < -0.39 is 0 Å². The second-order valence-electron chi connectivity index (χ2n) is 5.96. The van der Waals surface area contributed by atoms with Crippen LogP contribution in [0.1, 0.15) is 31.2 Å². The van der Waals surface area contributed by atoms with Gasteiger partial charge in [-0.1, -0.05) is 25.0 Å². The second-order valence-corrected chi connectivity index (χ2v) is 5.96. The van der Waals surface area contributed by atoms with Gasteiger partial charge in [0, 0.05) is 26.7 Å². The predicted molar refractivity (Wildman–Crippen MR) is 96.1 cm³/mol. The lowest BCUT2D eigenvalue weighted by molar-refractivity contribution is 0.289. The van der Waals surface area contributed by atoms with E-state index in [-0.39, 0.29) is 0 Å². The molecule has 0 saturated carbocycles. The van der Waals surface area contributed by atoms with E-state index >= 15 is 0 Å². The van der Waals surface area contributed by atoms with E-state index in [4.69, 9.17) is 4.74 Å². The first-order valence-corrected chi connectivity index (χ1v) is 8.61. The summed E-state index contributed by atoms with van der Waals surface area (Å²) in [5.74, 6) is 1.73. The molecule has 2 N–H and O–H groups in total. The molecule has 5 nitrogen and oxygen atoms in total. The third-order valence-corrected chi connectivity index (χ3v) is 4.24. The van der Waals surface area contributed by atoms with Gasteiger partial charge in [-0.25, -0.2) is 0 Å². The summed E-state index contributed by atoms with van der Waals surface area (Å²) in [6.07, 6.45) is 5.44. The third-order valence-electron chi connectivity index (χ3n) is 4.24. The Balaban J connectivity index is 1.70. The van der Waals surface area contributed by atoms with Crippen LogP contribution in [0.25, 0.3) is 0 Å². The first-order chi connectivity index (χ1) is 11.3. The molecule has 0 aromatic heterocycles. The van der Waals surface area contributed by atoms with Crippen molar-refractivity contribution in [3.63, 3.8) is 0 Å². The zero-order valence-electron chi connectivity index (χ0n) is 14.5. The molecule has 0 aliphatic carbocycles. The average molecular weight is 318 g/mol. The van der Waals surface area contributed by atoms with Crippen LogP contribution >= 0.6 is 0 Å². The molecule has 23 heavy (non-hydrogen) atoms. The summed E-state index contributed by atoms with van der Waals surface area (Å²) < 4.78 is 5.25. The normalized spacial score (nSPS) is 16.7. The molecule has 2 rings (SSSR count). The van der Waals surface area contributed by atoms with Gasteiger partial charge >= 0.3 is 0 Å². The van der Waals surface area contributed by atoms with Crippen molar-refractivity contribution in [1.29, 1.82) is 0 Å². The van der Waals surface area contributed by atoms with Crippen LogP contribution in [0.5, 0.6) is 5.75 Å². The first-order valence-electron chi connectivity index (χ1n) is 8.61. The van der Waals surface area contributed by atoms with E-state index in [1.54, 1.807) is 7.11 Å². The van der Waals surface area contributed by atoms with Crippen LogP contribution in [-0.2, 0) is 6.54 Å². The van der Waals surface area contributed by atoms with Gasteiger partial charge < -0.3 is 20.3 Å². The Kier molecular flexibility index (Phi) is 7.73. The van der Waals surface area contributed by atoms with Crippen LogP contribution in [0.4, 0.5) is 0 Å². The van der Waals surface area contributed by atoms with Gasteiger partial charge in [-0.15, -0.1) is 0 Å². The maximum atomic E-state index is 5.25. The highest BCUT2D eigenvalue weighted by molar-refractivity contribution is 5.79. The zero-order valence-corrected chi connectivity index (χ0v) is 14.5. The van der Waals surface area contributed by atoms with Crippen LogP contribution in [0.2, 0.25) is 0 Å². The molecular weight excluding hydrogens is 288 g/mol. The molecule has 0 bridgehead atoms. The minimum Gasteiger partial charge on any atom is -0.497 e. The van der Waals surface area contributed by atoms with E-state index in [9.17, 15) is 0 Å². The summed E-state index contributed by atoms with van der Waals surface area (Å²) in [7, 11) is 3.50. The highest BCUT2D eigenvalue weighted by Crippen LogP contribution is 2.12. The molecule has 5 heteroatoms. The van der Waals surface area contributed by atoms with Gasteiger partial charge in [-0.05, 0) is 43.6 Å². The summed E-state index contributed by atoms with van der Waals surface area (Å²) in [4.78, 5) is 6.84. The van der Waals surface area contributed by atoms with Crippen molar-refractivity contribution < 1.29 is 4.74 Å². The quantitative estimate of drug-likeness (QED) is 0.624. The molecule has 1 aliphatic rings. The maximum Gasteiger partial charge on any atom is 0.191 e. The van der Waals surface area contributed by atoms with Gasteiger partial charge in [0.15, 0.2) is 5.96 Å². The molecule has 1 fully saturated rings. The smallest absolute Gasteiger partial charge is 0.191 e. The summed E-state index contributed by atoms with van der Waals surface area (Å²) in [5.41, 5.74) is 1.18. The SMILES string of the molecule is CN=C(NCCN1CCCCCC1)NCc1cccc(OC)c1. The van der Waals surface area contributed by atoms with Gasteiger partial charge in [0.25, 0.3) is 0 Å².